The van der Waals surface area contributed by atoms with Crippen LogP contribution in [-0.4, -0.2) is 50.1 Å². The number of carbonyl (C=O) groups excluding carboxylic acids is 2. The first kappa shape index (κ1) is 22.8. The lowest BCUT2D eigenvalue weighted by atomic mass is 9.98. The van der Waals surface area contributed by atoms with Gasteiger partial charge in [0, 0.05) is 37.0 Å². The molecule has 2 aromatic carbocycles. The van der Waals surface area contributed by atoms with Crippen LogP contribution in [0.15, 0.2) is 42.5 Å². The van der Waals surface area contributed by atoms with Gasteiger partial charge in [0.2, 0.25) is 0 Å². The number of hydrogen-bond acceptors (Lipinski definition) is 4. The van der Waals surface area contributed by atoms with Crippen LogP contribution in [0.5, 0.6) is 5.75 Å². The van der Waals surface area contributed by atoms with Crippen LogP contribution in [0.1, 0.15) is 58.9 Å². The van der Waals surface area contributed by atoms with E-state index in [0.717, 1.165) is 24.2 Å². The van der Waals surface area contributed by atoms with E-state index < -0.39 is 0 Å². The number of nitrogens with zero attached hydrogens (tertiary/aromatic N) is 1. The Bertz CT molecular complexity index is 880. The van der Waals surface area contributed by atoms with E-state index >= 15 is 0 Å². The zero-order chi connectivity index (χ0) is 22.1. The number of ether oxygens (including phenoxy) is 2. The van der Waals surface area contributed by atoms with E-state index in [-0.39, 0.29) is 11.8 Å². The van der Waals surface area contributed by atoms with Crippen LogP contribution in [0.3, 0.4) is 0 Å². The minimum absolute atomic E-state index is 0.0152. The van der Waals surface area contributed by atoms with E-state index in [4.69, 9.17) is 9.47 Å². The Kier molecular flexibility index (Phi) is 8.47. The molecule has 6 heteroatoms. The van der Waals surface area contributed by atoms with E-state index in [0.29, 0.717) is 43.1 Å². The summed E-state index contributed by atoms with van der Waals surface area (Å²) in [6.07, 6.45) is 5.41. The number of hydrogen-bond donors (Lipinski definition) is 1. The number of unbranched alkanes of at least 4 members (excludes halogenated alkanes) is 3. The summed E-state index contributed by atoms with van der Waals surface area (Å²) in [5.41, 5.74) is 2.92. The average molecular weight is 425 g/mol. The third kappa shape index (κ3) is 6.31. The highest BCUT2D eigenvalue weighted by molar-refractivity contribution is 6.05. The molecule has 0 aromatic heterocycles. The number of amides is 2. The van der Waals surface area contributed by atoms with Crippen molar-refractivity contribution in [3.05, 3.63) is 59.2 Å². The number of benzene rings is 2. The van der Waals surface area contributed by atoms with E-state index in [9.17, 15) is 9.59 Å². The van der Waals surface area contributed by atoms with Crippen LogP contribution in [0, 0.1) is 0 Å². The number of methoxy groups -OCH3 is 1. The van der Waals surface area contributed by atoms with Crippen molar-refractivity contribution in [3.63, 3.8) is 0 Å². The maximum absolute atomic E-state index is 12.6. The Morgan fingerprint density at radius 3 is 2.61 bits per heavy atom. The van der Waals surface area contributed by atoms with Crippen molar-refractivity contribution in [2.24, 2.45) is 0 Å². The van der Waals surface area contributed by atoms with Gasteiger partial charge in [0.25, 0.3) is 11.8 Å². The molecule has 31 heavy (non-hydrogen) atoms. The third-order valence-corrected chi connectivity index (χ3v) is 5.48. The van der Waals surface area contributed by atoms with Crippen LogP contribution in [0.2, 0.25) is 0 Å². The molecule has 1 aliphatic rings. The molecule has 0 radical (unpaired) electrons. The summed E-state index contributed by atoms with van der Waals surface area (Å²) in [7, 11) is 1.63. The first-order valence-corrected chi connectivity index (χ1v) is 11.1. The number of nitrogens with one attached hydrogen (secondary N) is 1. The lowest BCUT2D eigenvalue weighted by Gasteiger charge is -2.28. The fraction of sp³-hybridized carbons (Fsp3) is 0.440. The summed E-state index contributed by atoms with van der Waals surface area (Å²) in [5.74, 6) is 0.609. The van der Waals surface area contributed by atoms with E-state index in [2.05, 4.69) is 12.2 Å². The Labute approximate surface area is 184 Å². The fourth-order valence-electron chi connectivity index (χ4n) is 3.65. The second kappa shape index (κ2) is 11.5. The molecule has 0 unspecified atom stereocenters. The molecular weight excluding hydrogens is 392 g/mol. The number of rotatable bonds is 11. The van der Waals surface area contributed by atoms with Crippen molar-refractivity contribution in [2.45, 2.75) is 39.0 Å². The molecule has 1 heterocycles. The van der Waals surface area contributed by atoms with Crippen molar-refractivity contribution in [2.75, 3.05) is 38.7 Å². The van der Waals surface area contributed by atoms with Gasteiger partial charge in [-0.2, -0.15) is 0 Å². The minimum Gasteiger partial charge on any atom is -0.494 e. The van der Waals surface area contributed by atoms with Gasteiger partial charge < -0.3 is 19.7 Å². The number of carbonyl (C=O) groups is 2. The Balaban J connectivity index is 1.55. The first-order chi connectivity index (χ1) is 15.1. The predicted molar refractivity (Wildman–Crippen MR) is 122 cm³/mol. The first-order valence-electron chi connectivity index (χ1n) is 11.1. The summed E-state index contributed by atoms with van der Waals surface area (Å²) >= 11 is 0. The maximum Gasteiger partial charge on any atom is 0.255 e. The summed E-state index contributed by atoms with van der Waals surface area (Å²) in [4.78, 5) is 27.0. The van der Waals surface area contributed by atoms with Gasteiger partial charge in [0.1, 0.15) is 5.75 Å². The highest BCUT2D eigenvalue weighted by Crippen LogP contribution is 2.23. The van der Waals surface area contributed by atoms with E-state index in [1.165, 1.54) is 19.3 Å². The highest BCUT2D eigenvalue weighted by atomic mass is 16.5. The molecule has 0 spiro atoms. The Hall–Kier alpha value is -2.86. The molecule has 2 aromatic rings. The fourth-order valence-corrected chi connectivity index (χ4v) is 3.65. The summed E-state index contributed by atoms with van der Waals surface area (Å²) in [6.45, 7) is 4.66. The van der Waals surface area contributed by atoms with Crippen molar-refractivity contribution in [1.82, 2.24) is 4.90 Å². The molecule has 0 saturated carbocycles. The standard InChI is InChI=1S/C25H32N2O4/c1-3-4-5-6-16-31-22-10-7-19(8-11-22)24(28)26-21-9-12-23-20(18-21)13-14-27(25(23)29)15-17-30-2/h7-12,18H,3-6,13-17H2,1-2H3,(H,26,28). The Morgan fingerprint density at radius 1 is 1.06 bits per heavy atom. The molecule has 166 valence electrons. The number of anilines is 1. The largest absolute Gasteiger partial charge is 0.494 e. The van der Waals surface area contributed by atoms with Gasteiger partial charge in [0.15, 0.2) is 0 Å². The molecule has 0 fully saturated rings. The quantitative estimate of drug-likeness (QED) is 0.538. The van der Waals surface area contributed by atoms with E-state index in [1.807, 2.05) is 18.2 Å². The van der Waals surface area contributed by atoms with Gasteiger partial charge in [-0.3, -0.25) is 9.59 Å². The summed E-state index contributed by atoms with van der Waals surface area (Å²) < 4.78 is 10.8. The van der Waals surface area contributed by atoms with Crippen LogP contribution in [-0.2, 0) is 11.2 Å². The molecule has 3 rings (SSSR count). The topological polar surface area (TPSA) is 67.9 Å². The van der Waals surface area contributed by atoms with Crippen LogP contribution < -0.4 is 10.1 Å². The molecular formula is C25H32N2O4. The second-order valence-corrected chi connectivity index (χ2v) is 7.79. The molecule has 6 nitrogen and oxygen atoms in total. The maximum atomic E-state index is 12.6. The SMILES string of the molecule is CCCCCCOc1ccc(C(=O)Nc2ccc3c(c2)CCN(CCOC)C3=O)cc1. The molecule has 0 saturated heterocycles. The lowest BCUT2D eigenvalue weighted by Crippen LogP contribution is -2.39. The van der Waals surface area contributed by atoms with Crippen LogP contribution in [0.4, 0.5) is 5.69 Å². The minimum atomic E-state index is -0.182. The van der Waals surface area contributed by atoms with Gasteiger partial charge in [0.05, 0.1) is 13.2 Å². The van der Waals surface area contributed by atoms with Crippen molar-refractivity contribution >= 4 is 17.5 Å². The zero-order valence-corrected chi connectivity index (χ0v) is 18.5. The highest BCUT2D eigenvalue weighted by Gasteiger charge is 2.24. The second-order valence-electron chi connectivity index (χ2n) is 7.79. The van der Waals surface area contributed by atoms with Crippen molar-refractivity contribution in [1.29, 1.82) is 0 Å². The molecule has 1 aliphatic heterocycles. The van der Waals surface area contributed by atoms with Gasteiger partial charge in [-0.05, 0) is 60.9 Å². The summed E-state index contributed by atoms with van der Waals surface area (Å²) in [5, 5.41) is 2.93. The van der Waals surface area contributed by atoms with Gasteiger partial charge >= 0.3 is 0 Å². The molecule has 0 bridgehead atoms. The molecule has 1 N–H and O–H groups in total. The average Bonchev–Trinajstić information content (AvgIpc) is 2.79. The van der Waals surface area contributed by atoms with Crippen molar-refractivity contribution in [3.8, 4) is 5.75 Å². The predicted octanol–water partition coefficient (Wildman–Crippen LogP) is 4.54. The lowest BCUT2D eigenvalue weighted by molar-refractivity contribution is 0.0679. The monoisotopic (exact) mass is 424 g/mol. The Morgan fingerprint density at radius 2 is 1.87 bits per heavy atom. The summed E-state index contributed by atoms with van der Waals surface area (Å²) in [6, 6.07) is 12.7. The molecule has 0 atom stereocenters. The molecule has 0 aliphatic carbocycles. The zero-order valence-electron chi connectivity index (χ0n) is 18.5. The van der Waals surface area contributed by atoms with Gasteiger partial charge in [-0.15, -0.1) is 0 Å². The van der Waals surface area contributed by atoms with Gasteiger partial charge in [-0.1, -0.05) is 26.2 Å². The third-order valence-electron chi connectivity index (χ3n) is 5.48. The smallest absolute Gasteiger partial charge is 0.255 e. The number of fused-ring (bicyclic) bond motifs is 1. The van der Waals surface area contributed by atoms with E-state index in [1.54, 1.807) is 36.3 Å². The van der Waals surface area contributed by atoms with Crippen molar-refractivity contribution < 1.29 is 19.1 Å². The molecule has 2 amide bonds. The van der Waals surface area contributed by atoms with Gasteiger partial charge in [-0.25, -0.2) is 0 Å². The van der Waals surface area contributed by atoms with Crippen LogP contribution >= 0.6 is 0 Å². The van der Waals surface area contributed by atoms with Crippen LogP contribution in [0.25, 0.3) is 0 Å². The normalized spacial score (nSPS) is 13.1.